The van der Waals surface area contributed by atoms with Crippen LogP contribution < -0.4 is 15.5 Å². The van der Waals surface area contributed by atoms with Gasteiger partial charge in [0.1, 0.15) is 0 Å². The Hall–Kier alpha value is -4.68. The summed E-state index contributed by atoms with van der Waals surface area (Å²) in [6, 6.07) is 35.4. The molecule has 1 heterocycles. The van der Waals surface area contributed by atoms with Crippen molar-refractivity contribution in [3.8, 4) is 0 Å². The predicted molar refractivity (Wildman–Crippen MR) is 158 cm³/mol. The van der Waals surface area contributed by atoms with Crippen molar-refractivity contribution in [2.45, 2.75) is 6.42 Å². The van der Waals surface area contributed by atoms with Crippen LogP contribution in [-0.4, -0.2) is 44.0 Å². The van der Waals surface area contributed by atoms with Gasteiger partial charge in [0.15, 0.2) is 0 Å². The zero-order valence-electron chi connectivity index (χ0n) is 22.2. The molecule has 4 aromatic rings. The van der Waals surface area contributed by atoms with Gasteiger partial charge in [-0.25, -0.2) is 0 Å². The summed E-state index contributed by atoms with van der Waals surface area (Å²) < 4.78 is 0. The molecule has 1 aliphatic rings. The van der Waals surface area contributed by atoms with Gasteiger partial charge < -0.3 is 15.5 Å². The van der Waals surface area contributed by atoms with E-state index >= 15 is 0 Å². The number of carbonyl (C=O) groups is 2. The quantitative estimate of drug-likeness (QED) is 0.228. The number of anilines is 2. The minimum atomic E-state index is -0.190. The maximum atomic E-state index is 13.6. The molecule has 0 saturated heterocycles. The summed E-state index contributed by atoms with van der Waals surface area (Å²) in [5.41, 5.74) is 6.31. The van der Waals surface area contributed by atoms with E-state index in [0.29, 0.717) is 35.6 Å². The van der Waals surface area contributed by atoms with Gasteiger partial charge in [-0.3, -0.25) is 14.5 Å². The number of hydrogen-bond donors (Lipinski definition) is 2. The minimum absolute atomic E-state index is 0.165. The van der Waals surface area contributed by atoms with E-state index in [4.69, 9.17) is 0 Å². The first-order chi connectivity index (χ1) is 19.0. The van der Waals surface area contributed by atoms with Crippen molar-refractivity contribution in [2.24, 2.45) is 0 Å². The molecule has 4 aromatic carbocycles. The molecule has 0 fully saturated rings. The first-order valence-electron chi connectivity index (χ1n) is 13.1. The van der Waals surface area contributed by atoms with E-state index in [1.807, 2.05) is 117 Å². The summed E-state index contributed by atoms with van der Waals surface area (Å²) in [7, 11) is 4.01. The van der Waals surface area contributed by atoms with E-state index < -0.39 is 0 Å². The van der Waals surface area contributed by atoms with Gasteiger partial charge in [-0.05, 0) is 62.0 Å². The fourth-order valence-electron chi connectivity index (χ4n) is 4.81. The molecule has 0 unspecified atom stereocenters. The third-order valence-corrected chi connectivity index (χ3v) is 6.61. The van der Waals surface area contributed by atoms with Crippen molar-refractivity contribution >= 4 is 34.5 Å². The third kappa shape index (κ3) is 5.92. The van der Waals surface area contributed by atoms with Crippen molar-refractivity contribution in [3.05, 3.63) is 131 Å². The molecule has 0 aromatic heterocycles. The van der Waals surface area contributed by atoms with Crippen LogP contribution in [0.3, 0.4) is 0 Å². The monoisotopic (exact) mass is 516 g/mol. The Labute approximate surface area is 229 Å². The van der Waals surface area contributed by atoms with Crippen molar-refractivity contribution in [1.82, 2.24) is 10.2 Å². The molecule has 6 heteroatoms. The molecule has 0 saturated carbocycles. The number of fused-ring (bicyclic) bond motifs is 1. The van der Waals surface area contributed by atoms with Gasteiger partial charge in [0.2, 0.25) is 0 Å². The smallest absolute Gasteiger partial charge is 0.258 e. The van der Waals surface area contributed by atoms with Crippen LogP contribution in [0.4, 0.5) is 11.4 Å². The van der Waals surface area contributed by atoms with E-state index in [9.17, 15) is 9.59 Å². The Morgan fingerprint density at radius 1 is 0.795 bits per heavy atom. The summed E-state index contributed by atoms with van der Waals surface area (Å²) in [5, 5.41) is 6.04. The van der Waals surface area contributed by atoms with Crippen LogP contribution in [0.2, 0.25) is 0 Å². The summed E-state index contributed by atoms with van der Waals surface area (Å²) in [4.78, 5) is 30.9. The Kier molecular flexibility index (Phi) is 7.85. The molecule has 0 atom stereocenters. The van der Waals surface area contributed by atoms with Crippen LogP contribution >= 0.6 is 0 Å². The van der Waals surface area contributed by atoms with Crippen LogP contribution in [0.5, 0.6) is 0 Å². The number of amides is 2. The van der Waals surface area contributed by atoms with Crippen LogP contribution in [-0.2, 0) is 11.2 Å². The van der Waals surface area contributed by atoms with Crippen LogP contribution in [0.25, 0.3) is 11.3 Å². The van der Waals surface area contributed by atoms with Gasteiger partial charge in [-0.2, -0.15) is 0 Å². The van der Waals surface area contributed by atoms with Gasteiger partial charge in [0, 0.05) is 29.0 Å². The lowest BCUT2D eigenvalue weighted by atomic mass is 9.97. The molecule has 0 aliphatic carbocycles. The third-order valence-electron chi connectivity index (χ3n) is 6.61. The average molecular weight is 517 g/mol. The van der Waals surface area contributed by atoms with Crippen molar-refractivity contribution in [1.29, 1.82) is 0 Å². The number of hydrogen-bond acceptors (Lipinski definition) is 4. The Balaban J connectivity index is 1.56. The van der Waals surface area contributed by atoms with Gasteiger partial charge in [0.25, 0.3) is 11.8 Å². The highest BCUT2D eigenvalue weighted by Gasteiger charge is 2.32. The largest absolute Gasteiger partial charge is 0.352 e. The highest BCUT2D eigenvalue weighted by atomic mass is 16.2. The second-order valence-electron chi connectivity index (χ2n) is 9.78. The number of nitrogens with one attached hydrogen (secondary N) is 2. The molecule has 39 heavy (non-hydrogen) atoms. The summed E-state index contributed by atoms with van der Waals surface area (Å²) in [5.74, 6) is -0.355. The fourth-order valence-corrected chi connectivity index (χ4v) is 4.81. The molecular formula is C33H32N4O2. The predicted octanol–water partition coefficient (Wildman–Crippen LogP) is 5.51. The standard InChI is InChI=1S/C33H32N4O2/c1-36(2)23-37(27-16-10-5-11-17-27)31(25-14-8-4-9-15-25)30-28-22-26(18-19-29(28)35-33(30)39)32(38)34-21-20-24-12-6-3-7-13-24/h3-19,22H,20-21,23H2,1-2H3,(H,34,38)(H,35,39). The maximum Gasteiger partial charge on any atom is 0.258 e. The molecule has 0 spiro atoms. The molecular weight excluding hydrogens is 484 g/mol. The first-order valence-corrected chi connectivity index (χ1v) is 13.1. The van der Waals surface area contributed by atoms with E-state index in [1.165, 1.54) is 5.56 Å². The number of para-hydroxylation sites is 1. The molecule has 5 rings (SSSR count). The Morgan fingerprint density at radius 2 is 1.44 bits per heavy atom. The van der Waals surface area contributed by atoms with Gasteiger partial charge in [-0.15, -0.1) is 0 Å². The topological polar surface area (TPSA) is 64.7 Å². The summed E-state index contributed by atoms with van der Waals surface area (Å²) in [6.45, 7) is 1.08. The second kappa shape index (κ2) is 11.8. The first kappa shape index (κ1) is 25.9. The second-order valence-corrected chi connectivity index (χ2v) is 9.78. The molecule has 0 bridgehead atoms. The normalized spacial score (nSPS) is 13.6. The fraction of sp³-hybridized carbons (Fsp3) is 0.152. The van der Waals surface area contributed by atoms with E-state index in [0.717, 1.165) is 23.4 Å². The van der Waals surface area contributed by atoms with Crippen molar-refractivity contribution in [3.63, 3.8) is 0 Å². The van der Waals surface area contributed by atoms with E-state index in [1.54, 1.807) is 6.07 Å². The molecule has 1 aliphatic heterocycles. The van der Waals surface area contributed by atoms with Crippen molar-refractivity contribution in [2.75, 3.05) is 37.5 Å². The molecule has 2 N–H and O–H groups in total. The summed E-state index contributed by atoms with van der Waals surface area (Å²) in [6.07, 6.45) is 0.747. The SMILES string of the molecule is CN(C)CN(C(=C1C(=O)Nc2ccc(C(=O)NCCc3ccccc3)cc21)c1ccccc1)c1ccccc1. The molecule has 0 radical (unpaired) electrons. The van der Waals surface area contributed by atoms with E-state index in [-0.39, 0.29) is 11.8 Å². The number of carbonyl (C=O) groups excluding carboxylic acids is 2. The zero-order valence-corrected chi connectivity index (χ0v) is 22.2. The van der Waals surface area contributed by atoms with Crippen molar-refractivity contribution < 1.29 is 9.59 Å². The summed E-state index contributed by atoms with van der Waals surface area (Å²) >= 11 is 0. The van der Waals surface area contributed by atoms with Crippen LogP contribution in [0.1, 0.15) is 27.0 Å². The minimum Gasteiger partial charge on any atom is -0.352 e. The number of rotatable bonds is 9. The zero-order chi connectivity index (χ0) is 27.2. The molecule has 2 amide bonds. The lowest BCUT2D eigenvalue weighted by Gasteiger charge is -2.32. The van der Waals surface area contributed by atoms with Crippen LogP contribution in [0, 0.1) is 0 Å². The van der Waals surface area contributed by atoms with Gasteiger partial charge in [0.05, 0.1) is 17.9 Å². The molecule has 6 nitrogen and oxygen atoms in total. The van der Waals surface area contributed by atoms with Crippen LogP contribution in [0.15, 0.2) is 109 Å². The Bertz CT molecular complexity index is 1480. The average Bonchev–Trinajstić information content (AvgIpc) is 3.29. The van der Waals surface area contributed by atoms with Gasteiger partial charge >= 0.3 is 0 Å². The van der Waals surface area contributed by atoms with E-state index in [2.05, 4.69) is 20.4 Å². The van der Waals surface area contributed by atoms with Gasteiger partial charge in [-0.1, -0.05) is 78.9 Å². The highest BCUT2D eigenvalue weighted by Crippen LogP contribution is 2.40. The maximum absolute atomic E-state index is 13.6. The lowest BCUT2D eigenvalue weighted by Crippen LogP contribution is -2.33. The Morgan fingerprint density at radius 3 is 2.10 bits per heavy atom. The molecule has 196 valence electrons. The number of benzene rings is 4. The lowest BCUT2D eigenvalue weighted by molar-refractivity contribution is -0.110. The highest BCUT2D eigenvalue weighted by molar-refractivity contribution is 6.37. The number of nitrogens with zero attached hydrogens (tertiary/aromatic N) is 2.